The number of hydrogen-bond donors (Lipinski definition) is 3. The molecule has 128 valence electrons. The number of hydrogen-bond acceptors (Lipinski definition) is 3. The molecule has 1 aromatic carbocycles. The summed E-state index contributed by atoms with van der Waals surface area (Å²) in [6, 6.07) is 8.76. The first kappa shape index (κ1) is 17.6. The lowest BCUT2D eigenvalue weighted by Crippen LogP contribution is -2.20. The van der Waals surface area contributed by atoms with E-state index in [1.807, 2.05) is 52.0 Å². The van der Waals surface area contributed by atoms with Gasteiger partial charge in [0.05, 0.1) is 12.8 Å². The summed E-state index contributed by atoms with van der Waals surface area (Å²) in [5.74, 6) is -0.531. The number of amides is 2. The molecule has 2 rings (SSSR count). The number of carbonyl (C=O) groups is 2. The van der Waals surface area contributed by atoms with Gasteiger partial charge in [0.2, 0.25) is 0 Å². The van der Waals surface area contributed by atoms with Gasteiger partial charge in [0.15, 0.2) is 0 Å². The average molecular weight is 329 g/mol. The highest BCUT2D eigenvalue weighted by atomic mass is 16.5. The van der Waals surface area contributed by atoms with Gasteiger partial charge in [-0.2, -0.15) is 0 Å². The molecule has 0 aliphatic carbocycles. The van der Waals surface area contributed by atoms with E-state index in [2.05, 4.69) is 15.6 Å². The van der Waals surface area contributed by atoms with E-state index in [1.165, 1.54) is 7.11 Å². The normalized spacial score (nSPS) is 11.0. The van der Waals surface area contributed by atoms with Crippen molar-refractivity contribution in [1.82, 2.24) is 4.98 Å². The lowest BCUT2D eigenvalue weighted by molar-refractivity contribution is 0.0595. The number of aromatic nitrogens is 1. The predicted octanol–water partition coefficient (Wildman–Crippen LogP) is 4.05. The van der Waals surface area contributed by atoms with Crippen molar-refractivity contribution in [1.29, 1.82) is 0 Å². The standard InChI is InChI=1S/C18H23N3O3/c1-11-6-8-12(9-7-11)19-17(23)20-13-10-14(18(2,3)4)21-15(13)16(22)24-5/h6-10,21H,1-5H3,(H2,19,20,23). The van der Waals surface area contributed by atoms with Crippen molar-refractivity contribution in [3.8, 4) is 0 Å². The number of benzene rings is 1. The smallest absolute Gasteiger partial charge is 0.356 e. The van der Waals surface area contributed by atoms with Crippen LogP contribution in [0.3, 0.4) is 0 Å². The van der Waals surface area contributed by atoms with Gasteiger partial charge in [0, 0.05) is 16.8 Å². The zero-order chi connectivity index (χ0) is 17.9. The fourth-order valence-corrected chi connectivity index (χ4v) is 2.14. The summed E-state index contributed by atoms with van der Waals surface area (Å²) in [5.41, 5.74) is 3.01. The van der Waals surface area contributed by atoms with E-state index in [0.717, 1.165) is 11.3 Å². The number of carbonyl (C=O) groups excluding carboxylic acids is 2. The number of urea groups is 1. The molecule has 0 aliphatic heterocycles. The number of esters is 1. The highest BCUT2D eigenvalue weighted by Crippen LogP contribution is 2.27. The van der Waals surface area contributed by atoms with Gasteiger partial charge >= 0.3 is 12.0 Å². The molecule has 0 radical (unpaired) electrons. The highest BCUT2D eigenvalue weighted by Gasteiger charge is 2.23. The Kier molecular flexibility index (Phi) is 4.97. The molecular formula is C18H23N3O3. The molecular weight excluding hydrogens is 306 g/mol. The minimum Gasteiger partial charge on any atom is -0.464 e. The molecule has 0 atom stereocenters. The summed E-state index contributed by atoms with van der Waals surface area (Å²) in [6.07, 6.45) is 0. The minimum absolute atomic E-state index is 0.198. The Bertz CT molecular complexity index is 740. The van der Waals surface area contributed by atoms with Crippen LogP contribution in [-0.2, 0) is 10.2 Å². The molecule has 0 spiro atoms. The molecule has 2 amide bonds. The number of aryl methyl sites for hydroxylation is 1. The Hall–Kier alpha value is -2.76. The predicted molar refractivity (Wildman–Crippen MR) is 94.7 cm³/mol. The van der Waals surface area contributed by atoms with Gasteiger partial charge in [-0.3, -0.25) is 0 Å². The maximum Gasteiger partial charge on any atom is 0.356 e. The topological polar surface area (TPSA) is 83.2 Å². The molecule has 6 heteroatoms. The maximum absolute atomic E-state index is 12.2. The number of ether oxygens (including phenoxy) is 1. The molecule has 6 nitrogen and oxygen atoms in total. The number of aromatic amines is 1. The van der Waals surface area contributed by atoms with Crippen LogP contribution in [0.4, 0.5) is 16.2 Å². The number of anilines is 2. The van der Waals surface area contributed by atoms with E-state index in [-0.39, 0.29) is 11.1 Å². The summed E-state index contributed by atoms with van der Waals surface area (Å²) >= 11 is 0. The van der Waals surface area contributed by atoms with Crippen LogP contribution in [0, 0.1) is 6.92 Å². The van der Waals surface area contributed by atoms with Crippen LogP contribution in [0.2, 0.25) is 0 Å². The van der Waals surface area contributed by atoms with E-state index in [4.69, 9.17) is 4.74 Å². The SMILES string of the molecule is COC(=O)c1[nH]c(C(C)(C)C)cc1NC(=O)Nc1ccc(C)cc1. The van der Waals surface area contributed by atoms with Crippen LogP contribution < -0.4 is 10.6 Å². The first-order valence-electron chi connectivity index (χ1n) is 7.67. The first-order chi connectivity index (χ1) is 11.2. The third-order valence-corrected chi connectivity index (χ3v) is 3.57. The Morgan fingerprint density at radius 1 is 1.08 bits per heavy atom. The van der Waals surface area contributed by atoms with Crippen molar-refractivity contribution in [3.05, 3.63) is 47.3 Å². The van der Waals surface area contributed by atoms with Crippen molar-refractivity contribution in [2.24, 2.45) is 0 Å². The second-order valence-electron chi connectivity index (χ2n) is 6.66. The van der Waals surface area contributed by atoms with Crippen molar-refractivity contribution < 1.29 is 14.3 Å². The monoisotopic (exact) mass is 329 g/mol. The zero-order valence-corrected chi connectivity index (χ0v) is 14.6. The fourth-order valence-electron chi connectivity index (χ4n) is 2.14. The Balaban J connectivity index is 2.21. The van der Waals surface area contributed by atoms with E-state index in [0.29, 0.717) is 11.4 Å². The number of methoxy groups -OCH3 is 1. The van der Waals surface area contributed by atoms with Crippen LogP contribution in [-0.4, -0.2) is 24.1 Å². The second kappa shape index (κ2) is 6.78. The quantitative estimate of drug-likeness (QED) is 0.743. The van der Waals surface area contributed by atoms with Gasteiger partial charge in [-0.1, -0.05) is 38.5 Å². The Morgan fingerprint density at radius 3 is 2.25 bits per heavy atom. The van der Waals surface area contributed by atoms with Crippen molar-refractivity contribution in [3.63, 3.8) is 0 Å². The van der Waals surface area contributed by atoms with Crippen LogP contribution in [0.5, 0.6) is 0 Å². The van der Waals surface area contributed by atoms with Crippen LogP contribution in [0.1, 0.15) is 42.5 Å². The summed E-state index contributed by atoms with van der Waals surface area (Å²) in [6.45, 7) is 8.00. The molecule has 0 saturated carbocycles. The average Bonchev–Trinajstić information content (AvgIpc) is 2.92. The van der Waals surface area contributed by atoms with E-state index >= 15 is 0 Å². The number of rotatable bonds is 3. The lowest BCUT2D eigenvalue weighted by Gasteiger charge is -2.15. The highest BCUT2D eigenvalue weighted by molar-refractivity contribution is 6.04. The van der Waals surface area contributed by atoms with Crippen molar-refractivity contribution in [2.75, 3.05) is 17.7 Å². The molecule has 0 fully saturated rings. The van der Waals surface area contributed by atoms with Gasteiger partial charge in [0.25, 0.3) is 0 Å². The molecule has 2 aromatic rings. The molecule has 1 heterocycles. The zero-order valence-electron chi connectivity index (χ0n) is 14.6. The lowest BCUT2D eigenvalue weighted by atomic mass is 9.92. The van der Waals surface area contributed by atoms with Crippen LogP contribution >= 0.6 is 0 Å². The van der Waals surface area contributed by atoms with Gasteiger partial charge in [-0.15, -0.1) is 0 Å². The largest absolute Gasteiger partial charge is 0.464 e. The molecule has 24 heavy (non-hydrogen) atoms. The first-order valence-corrected chi connectivity index (χ1v) is 7.67. The van der Waals surface area contributed by atoms with E-state index < -0.39 is 12.0 Å². The third-order valence-electron chi connectivity index (χ3n) is 3.57. The van der Waals surface area contributed by atoms with Crippen LogP contribution in [0.15, 0.2) is 30.3 Å². The van der Waals surface area contributed by atoms with Crippen molar-refractivity contribution in [2.45, 2.75) is 33.1 Å². The van der Waals surface area contributed by atoms with Crippen molar-refractivity contribution >= 4 is 23.4 Å². The van der Waals surface area contributed by atoms with Gasteiger partial charge < -0.3 is 20.4 Å². The summed E-state index contributed by atoms with van der Waals surface area (Å²) in [5, 5.41) is 5.43. The maximum atomic E-state index is 12.2. The third kappa shape index (κ3) is 4.16. The molecule has 1 aromatic heterocycles. The summed E-state index contributed by atoms with van der Waals surface area (Å²) < 4.78 is 4.77. The molecule has 0 unspecified atom stereocenters. The number of H-pyrrole nitrogens is 1. The second-order valence-corrected chi connectivity index (χ2v) is 6.66. The number of nitrogens with one attached hydrogen (secondary N) is 3. The van der Waals surface area contributed by atoms with E-state index in [1.54, 1.807) is 6.07 Å². The van der Waals surface area contributed by atoms with Gasteiger partial charge in [-0.25, -0.2) is 9.59 Å². The van der Waals surface area contributed by atoms with Gasteiger partial charge in [0.1, 0.15) is 5.69 Å². The molecule has 0 saturated heterocycles. The Labute approximate surface area is 141 Å². The van der Waals surface area contributed by atoms with Crippen LogP contribution in [0.25, 0.3) is 0 Å². The minimum atomic E-state index is -0.531. The molecule has 0 bridgehead atoms. The summed E-state index contributed by atoms with van der Waals surface area (Å²) in [4.78, 5) is 27.2. The van der Waals surface area contributed by atoms with Gasteiger partial charge in [-0.05, 0) is 25.1 Å². The fraction of sp³-hybridized carbons (Fsp3) is 0.333. The molecule has 0 aliphatic rings. The van der Waals surface area contributed by atoms with E-state index in [9.17, 15) is 9.59 Å². The summed E-state index contributed by atoms with van der Waals surface area (Å²) in [7, 11) is 1.30. The molecule has 3 N–H and O–H groups in total. The Morgan fingerprint density at radius 2 is 1.71 bits per heavy atom.